The number of carbonyl (C=O) groups is 3. The van der Waals surface area contributed by atoms with Gasteiger partial charge in [0.05, 0.1) is 0 Å². The van der Waals surface area contributed by atoms with Crippen LogP contribution in [0.3, 0.4) is 0 Å². The van der Waals surface area contributed by atoms with E-state index in [1.54, 1.807) is 0 Å². The first-order chi connectivity index (χ1) is 29.7. The molecule has 362 valence electrons. The van der Waals surface area contributed by atoms with Gasteiger partial charge in [0.15, 0.2) is 6.10 Å². The molecule has 0 heterocycles. The van der Waals surface area contributed by atoms with Gasteiger partial charge in [-0.25, -0.2) is 0 Å². The molecule has 0 aromatic carbocycles. The minimum absolute atomic E-state index is 0.0631. The smallest absolute Gasteiger partial charge is 0.306 e. The Bertz CT molecular complexity index is 931. The van der Waals surface area contributed by atoms with Crippen LogP contribution < -0.4 is 0 Å². The van der Waals surface area contributed by atoms with Gasteiger partial charge in [-0.2, -0.15) is 0 Å². The average Bonchev–Trinajstić information content (AvgIpc) is 3.23. The lowest BCUT2D eigenvalue weighted by Gasteiger charge is -2.18. The Labute approximate surface area is 380 Å². The van der Waals surface area contributed by atoms with Crippen LogP contribution in [0.1, 0.15) is 304 Å². The quantitative estimate of drug-likeness (QED) is 0.0344. The van der Waals surface area contributed by atoms with Crippen LogP contribution in [0.2, 0.25) is 0 Å². The summed E-state index contributed by atoms with van der Waals surface area (Å²) in [5.74, 6) is 0.828. The van der Waals surface area contributed by atoms with Gasteiger partial charge in [-0.15, -0.1) is 0 Å². The minimum atomic E-state index is -0.762. The summed E-state index contributed by atoms with van der Waals surface area (Å²) in [5, 5.41) is 0. The van der Waals surface area contributed by atoms with Gasteiger partial charge in [0.2, 0.25) is 0 Å². The predicted molar refractivity (Wildman–Crippen MR) is 261 cm³/mol. The van der Waals surface area contributed by atoms with Crippen LogP contribution in [0.5, 0.6) is 0 Å². The summed E-state index contributed by atoms with van der Waals surface area (Å²) in [5.41, 5.74) is 0. The van der Waals surface area contributed by atoms with Crippen LogP contribution in [0.4, 0.5) is 0 Å². The molecule has 0 unspecified atom stereocenters. The number of ether oxygens (including phenoxy) is 3. The maximum atomic E-state index is 12.8. The summed E-state index contributed by atoms with van der Waals surface area (Å²) in [6.45, 7) is 11.4. The minimum Gasteiger partial charge on any atom is -0.462 e. The Morgan fingerprint density at radius 1 is 0.311 bits per heavy atom. The zero-order valence-electron chi connectivity index (χ0n) is 41.8. The third kappa shape index (κ3) is 49.3. The molecule has 0 fully saturated rings. The van der Waals surface area contributed by atoms with E-state index in [9.17, 15) is 14.4 Å². The average molecular weight is 863 g/mol. The topological polar surface area (TPSA) is 78.9 Å². The second-order valence-corrected chi connectivity index (χ2v) is 19.8. The highest BCUT2D eigenvalue weighted by atomic mass is 16.6. The van der Waals surface area contributed by atoms with Gasteiger partial charge in [0.25, 0.3) is 0 Å². The van der Waals surface area contributed by atoms with Gasteiger partial charge in [-0.3, -0.25) is 14.4 Å². The molecule has 0 aliphatic heterocycles. The molecule has 0 bridgehead atoms. The van der Waals surface area contributed by atoms with E-state index in [0.29, 0.717) is 19.3 Å². The van der Waals surface area contributed by atoms with Crippen molar-refractivity contribution in [1.29, 1.82) is 0 Å². The molecule has 1 atom stereocenters. The van der Waals surface area contributed by atoms with E-state index in [4.69, 9.17) is 14.2 Å². The van der Waals surface area contributed by atoms with Crippen molar-refractivity contribution in [2.24, 2.45) is 11.8 Å². The molecule has 0 radical (unpaired) electrons. The standard InChI is InChI=1S/C55H106O6/c1-6-7-8-9-10-11-12-20-25-30-35-40-45-53(56)59-48-52(49-60-54(57)46-41-36-31-26-21-17-16-19-24-29-34-39-44-51(4)5)61-55(58)47-42-37-32-27-22-15-13-14-18-23-28-33-38-43-50(2)3/h50-52H,6-49H2,1-5H3/t52-/m1/s1. The van der Waals surface area contributed by atoms with Crippen LogP contribution in [-0.4, -0.2) is 37.2 Å². The van der Waals surface area contributed by atoms with E-state index < -0.39 is 6.10 Å². The maximum Gasteiger partial charge on any atom is 0.306 e. The molecule has 0 amide bonds. The molecular weight excluding hydrogens is 757 g/mol. The summed E-state index contributed by atoms with van der Waals surface area (Å²) < 4.78 is 16.8. The van der Waals surface area contributed by atoms with Crippen molar-refractivity contribution < 1.29 is 28.6 Å². The van der Waals surface area contributed by atoms with Crippen LogP contribution in [0, 0.1) is 11.8 Å². The zero-order chi connectivity index (χ0) is 44.7. The molecule has 6 nitrogen and oxygen atoms in total. The van der Waals surface area contributed by atoms with E-state index >= 15 is 0 Å². The molecule has 0 saturated heterocycles. The van der Waals surface area contributed by atoms with Crippen molar-refractivity contribution in [2.45, 2.75) is 310 Å². The highest BCUT2D eigenvalue weighted by molar-refractivity contribution is 5.71. The fourth-order valence-corrected chi connectivity index (χ4v) is 8.34. The van der Waals surface area contributed by atoms with E-state index in [2.05, 4.69) is 34.6 Å². The third-order valence-corrected chi connectivity index (χ3v) is 12.5. The van der Waals surface area contributed by atoms with Crippen molar-refractivity contribution in [2.75, 3.05) is 13.2 Å². The number of hydrogen-bond acceptors (Lipinski definition) is 6. The lowest BCUT2D eigenvalue weighted by atomic mass is 10.0. The molecule has 0 spiro atoms. The Balaban J connectivity index is 4.30. The van der Waals surface area contributed by atoms with Gasteiger partial charge in [0.1, 0.15) is 13.2 Å². The first kappa shape index (κ1) is 59.4. The lowest BCUT2D eigenvalue weighted by molar-refractivity contribution is -0.167. The van der Waals surface area contributed by atoms with E-state index in [1.165, 1.54) is 193 Å². The zero-order valence-corrected chi connectivity index (χ0v) is 41.8. The van der Waals surface area contributed by atoms with Gasteiger partial charge in [-0.05, 0) is 31.1 Å². The number of esters is 3. The van der Waals surface area contributed by atoms with Crippen molar-refractivity contribution in [1.82, 2.24) is 0 Å². The first-order valence-electron chi connectivity index (χ1n) is 27.2. The summed E-state index contributed by atoms with van der Waals surface area (Å²) in [6.07, 6.45) is 49.4. The molecule has 0 rings (SSSR count). The molecule has 61 heavy (non-hydrogen) atoms. The Morgan fingerprint density at radius 3 is 0.803 bits per heavy atom. The van der Waals surface area contributed by atoms with Crippen molar-refractivity contribution in [3.63, 3.8) is 0 Å². The summed E-state index contributed by atoms with van der Waals surface area (Å²) in [7, 11) is 0. The molecular formula is C55H106O6. The van der Waals surface area contributed by atoms with Gasteiger partial charge in [0, 0.05) is 19.3 Å². The Kier molecular flexibility index (Phi) is 46.6. The number of hydrogen-bond donors (Lipinski definition) is 0. The molecule has 0 saturated carbocycles. The summed E-state index contributed by atoms with van der Waals surface area (Å²) in [6, 6.07) is 0. The van der Waals surface area contributed by atoms with Crippen LogP contribution in [-0.2, 0) is 28.6 Å². The van der Waals surface area contributed by atoms with E-state index in [1.807, 2.05) is 0 Å². The summed E-state index contributed by atoms with van der Waals surface area (Å²) in [4.78, 5) is 38.0. The van der Waals surface area contributed by atoms with Crippen molar-refractivity contribution in [3.8, 4) is 0 Å². The number of unbranched alkanes of at least 4 members (excludes halogenated alkanes) is 34. The highest BCUT2D eigenvalue weighted by Crippen LogP contribution is 2.18. The van der Waals surface area contributed by atoms with E-state index in [0.717, 1.165) is 69.6 Å². The monoisotopic (exact) mass is 863 g/mol. The normalized spacial score (nSPS) is 12.0. The fourth-order valence-electron chi connectivity index (χ4n) is 8.34. The predicted octanol–water partition coefficient (Wildman–Crippen LogP) is 17.7. The third-order valence-electron chi connectivity index (χ3n) is 12.5. The SMILES string of the molecule is CCCCCCCCCCCCCCC(=O)OC[C@H](COC(=O)CCCCCCCCCCCCCCC(C)C)OC(=O)CCCCCCCCCCCCCCCC(C)C. The molecule has 0 N–H and O–H groups in total. The molecule has 0 aromatic heterocycles. The second-order valence-electron chi connectivity index (χ2n) is 19.8. The number of carbonyl (C=O) groups excluding carboxylic acids is 3. The lowest BCUT2D eigenvalue weighted by Crippen LogP contribution is -2.30. The van der Waals surface area contributed by atoms with Crippen LogP contribution in [0.15, 0.2) is 0 Å². The van der Waals surface area contributed by atoms with Crippen LogP contribution in [0.25, 0.3) is 0 Å². The fraction of sp³-hybridized carbons (Fsp3) is 0.945. The van der Waals surface area contributed by atoms with Crippen molar-refractivity contribution in [3.05, 3.63) is 0 Å². The Morgan fingerprint density at radius 2 is 0.541 bits per heavy atom. The van der Waals surface area contributed by atoms with Gasteiger partial charge >= 0.3 is 17.9 Å². The first-order valence-corrected chi connectivity index (χ1v) is 27.2. The largest absolute Gasteiger partial charge is 0.462 e. The Hall–Kier alpha value is -1.59. The summed E-state index contributed by atoms with van der Waals surface area (Å²) >= 11 is 0. The molecule has 0 aliphatic rings. The van der Waals surface area contributed by atoms with Crippen molar-refractivity contribution >= 4 is 17.9 Å². The molecule has 0 aliphatic carbocycles. The van der Waals surface area contributed by atoms with Gasteiger partial charge < -0.3 is 14.2 Å². The number of rotatable bonds is 49. The maximum absolute atomic E-state index is 12.8. The van der Waals surface area contributed by atoms with E-state index in [-0.39, 0.29) is 31.1 Å². The second kappa shape index (κ2) is 47.9. The molecule has 6 heteroatoms. The highest BCUT2D eigenvalue weighted by Gasteiger charge is 2.19. The van der Waals surface area contributed by atoms with Crippen LogP contribution >= 0.6 is 0 Å². The molecule has 0 aromatic rings. The van der Waals surface area contributed by atoms with Gasteiger partial charge in [-0.1, -0.05) is 266 Å².